The first-order chi connectivity index (χ1) is 10.3. The van der Waals surface area contributed by atoms with Crippen molar-refractivity contribution < 1.29 is 0 Å². The number of halogens is 1. The molecule has 0 aliphatic carbocycles. The van der Waals surface area contributed by atoms with Crippen molar-refractivity contribution in [1.82, 2.24) is 19.9 Å². The lowest BCUT2D eigenvalue weighted by Gasteiger charge is -1.93. The minimum absolute atomic E-state index is 0.706. The van der Waals surface area contributed by atoms with Gasteiger partial charge in [-0.1, -0.05) is 23.7 Å². The van der Waals surface area contributed by atoms with Crippen molar-refractivity contribution in [2.24, 2.45) is 0 Å². The van der Waals surface area contributed by atoms with E-state index in [2.05, 4.69) is 19.9 Å². The van der Waals surface area contributed by atoms with E-state index in [0.29, 0.717) is 5.02 Å². The molecule has 0 aliphatic rings. The zero-order valence-corrected chi connectivity index (χ0v) is 12.0. The molecule has 21 heavy (non-hydrogen) atoms. The highest BCUT2D eigenvalue weighted by atomic mass is 35.5. The summed E-state index contributed by atoms with van der Waals surface area (Å²) in [4.78, 5) is 15.8. The molecule has 0 aliphatic heterocycles. The molecule has 5 heteroatoms. The fourth-order valence-electron chi connectivity index (χ4n) is 2.51. The molecule has 0 saturated carbocycles. The fraction of sp³-hybridized carbons (Fsp3) is 0.125. The quantitative estimate of drug-likeness (QED) is 0.603. The molecule has 0 amide bonds. The van der Waals surface area contributed by atoms with Crippen LogP contribution in [0.4, 0.5) is 0 Å². The van der Waals surface area contributed by atoms with Gasteiger partial charge < -0.3 is 9.97 Å². The summed E-state index contributed by atoms with van der Waals surface area (Å²) in [6.45, 7) is 0. The molecule has 2 N–H and O–H groups in total. The van der Waals surface area contributed by atoms with Crippen molar-refractivity contribution in [1.29, 1.82) is 0 Å². The van der Waals surface area contributed by atoms with Gasteiger partial charge in [0.1, 0.15) is 11.6 Å². The van der Waals surface area contributed by atoms with E-state index in [1.165, 1.54) is 0 Å². The van der Waals surface area contributed by atoms with E-state index >= 15 is 0 Å². The smallest absolute Gasteiger partial charge is 0.107 e. The second kappa shape index (κ2) is 4.90. The Kier molecular flexibility index (Phi) is 2.89. The zero-order valence-electron chi connectivity index (χ0n) is 11.2. The van der Waals surface area contributed by atoms with Gasteiger partial charge in [0.2, 0.25) is 0 Å². The van der Waals surface area contributed by atoms with Crippen molar-refractivity contribution in [2.45, 2.75) is 12.8 Å². The number of H-pyrrole nitrogens is 2. The topological polar surface area (TPSA) is 57.4 Å². The molecule has 2 heterocycles. The van der Waals surface area contributed by atoms with Crippen LogP contribution in [0.2, 0.25) is 5.02 Å². The Morgan fingerprint density at radius 3 is 2.24 bits per heavy atom. The van der Waals surface area contributed by atoms with E-state index in [-0.39, 0.29) is 0 Å². The summed E-state index contributed by atoms with van der Waals surface area (Å²) in [5.74, 6) is 1.93. The zero-order chi connectivity index (χ0) is 14.2. The summed E-state index contributed by atoms with van der Waals surface area (Å²) >= 11 is 5.98. The van der Waals surface area contributed by atoms with E-state index < -0.39 is 0 Å². The highest BCUT2D eigenvalue weighted by molar-refractivity contribution is 6.31. The van der Waals surface area contributed by atoms with Gasteiger partial charge in [-0.25, -0.2) is 9.97 Å². The number of nitrogens with zero attached hydrogens (tertiary/aromatic N) is 2. The summed E-state index contributed by atoms with van der Waals surface area (Å²) in [7, 11) is 0. The van der Waals surface area contributed by atoms with Crippen molar-refractivity contribution in [3.8, 4) is 0 Å². The minimum Gasteiger partial charge on any atom is -0.342 e. The molecule has 4 nitrogen and oxygen atoms in total. The van der Waals surface area contributed by atoms with Crippen LogP contribution in [0.25, 0.3) is 22.1 Å². The van der Waals surface area contributed by atoms with Gasteiger partial charge in [-0.15, -0.1) is 0 Å². The second-order valence-corrected chi connectivity index (χ2v) is 5.48. The lowest BCUT2D eigenvalue weighted by molar-refractivity contribution is 0.844. The number of aromatic nitrogens is 4. The number of nitrogens with one attached hydrogen (secondary N) is 2. The summed E-state index contributed by atoms with van der Waals surface area (Å²) in [6, 6.07) is 13.7. The van der Waals surface area contributed by atoms with Crippen molar-refractivity contribution in [2.75, 3.05) is 0 Å². The molecule has 0 fully saturated rings. The van der Waals surface area contributed by atoms with Gasteiger partial charge in [0.05, 0.1) is 22.1 Å². The Hall–Kier alpha value is -2.33. The second-order valence-electron chi connectivity index (χ2n) is 5.05. The predicted molar refractivity (Wildman–Crippen MR) is 84.6 cm³/mol. The summed E-state index contributed by atoms with van der Waals surface area (Å²) in [5, 5.41) is 0.706. The van der Waals surface area contributed by atoms with Gasteiger partial charge in [0, 0.05) is 17.9 Å². The highest BCUT2D eigenvalue weighted by Crippen LogP contribution is 2.18. The first-order valence-corrected chi connectivity index (χ1v) is 7.23. The Bertz CT molecular complexity index is 889. The predicted octanol–water partition coefficient (Wildman–Crippen LogP) is 3.88. The van der Waals surface area contributed by atoms with Gasteiger partial charge in [0.15, 0.2) is 0 Å². The molecule has 0 bridgehead atoms. The number of fused-ring (bicyclic) bond motifs is 2. The molecule has 0 saturated heterocycles. The molecule has 0 spiro atoms. The van der Waals surface area contributed by atoms with Crippen LogP contribution in [0.15, 0.2) is 42.5 Å². The van der Waals surface area contributed by atoms with Crippen LogP contribution in [0.1, 0.15) is 11.6 Å². The fourth-order valence-corrected chi connectivity index (χ4v) is 2.68. The average molecular weight is 297 g/mol. The van der Waals surface area contributed by atoms with E-state index in [9.17, 15) is 0 Å². The third-order valence-corrected chi connectivity index (χ3v) is 3.77. The molecule has 4 aromatic rings. The van der Waals surface area contributed by atoms with Crippen LogP contribution in [0.3, 0.4) is 0 Å². The average Bonchev–Trinajstić information content (AvgIpc) is 3.07. The first-order valence-electron chi connectivity index (χ1n) is 6.86. The number of hydrogen-bond acceptors (Lipinski definition) is 2. The number of imidazole rings is 2. The summed E-state index contributed by atoms with van der Waals surface area (Å²) < 4.78 is 0. The Balaban J connectivity index is 1.57. The molecule has 0 atom stereocenters. The number of aryl methyl sites for hydroxylation is 2. The third-order valence-electron chi connectivity index (χ3n) is 3.53. The molecular formula is C16H13ClN4. The molecule has 0 radical (unpaired) electrons. The maximum atomic E-state index is 5.98. The van der Waals surface area contributed by atoms with Gasteiger partial charge in [-0.3, -0.25) is 0 Å². The largest absolute Gasteiger partial charge is 0.342 e. The lowest BCUT2D eigenvalue weighted by Crippen LogP contribution is -1.95. The van der Waals surface area contributed by atoms with Gasteiger partial charge in [0.25, 0.3) is 0 Å². The van der Waals surface area contributed by atoms with Crippen molar-refractivity contribution >= 4 is 33.7 Å². The molecule has 0 unspecified atom stereocenters. The van der Waals surface area contributed by atoms with Crippen LogP contribution in [0.5, 0.6) is 0 Å². The molecule has 2 aromatic heterocycles. The van der Waals surface area contributed by atoms with E-state index in [1.54, 1.807) is 0 Å². The van der Waals surface area contributed by atoms with E-state index in [4.69, 9.17) is 11.6 Å². The van der Waals surface area contributed by atoms with E-state index in [0.717, 1.165) is 46.6 Å². The number of benzene rings is 2. The van der Waals surface area contributed by atoms with Crippen molar-refractivity contribution in [3.63, 3.8) is 0 Å². The van der Waals surface area contributed by atoms with Crippen LogP contribution in [-0.2, 0) is 12.8 Å². The van der Waals surface area contributed by atoms with Gasteiger partial charge in [-0.05, 0) is 30.3 Å². The SMILES string of the molecule is Clc1ccc2[nH]c(CCc3nc4ccccc4[nH]3)nc2c1. The number of aromatic amines is 2. The number of para-hydroxylation sites is 2. The Labute approximate surface area is 126 Å². The lowest BCUT2D eigenvalue weighted by atomic mass is 10.3. The minimum atomic E-state index is 0.706. The summed E-state index contributed by atoms with van der Waals surface area (Å²) in [6.07, 6.45) is 1.63. The normalized spacial score (nSPS) is 11.5. The van der Waals surface area contributed by atoms with Crippen LogP contribution >= 0.6 is 11.6 Å². The highest BCUT2D eigenvalue weighted by Gasteiger charge is 2.06. The first kappa shape index (κ1) is 12.4. The number of hydrogen-bond donors (Lipinski definition) is 2. The third kappa shape index (κ3) is 2.38. The number of rotatable bonds is 3. The summed E-state index contributed by atoms with van der Waals surface area (Å²) in [5.41, 5.74) is 3.99. The molecule has 2 aromatic carbocycles. The van der Waals surface area contributed by atoms with E-state index in [1.807, 2.05) is 42.5 Å². The Morgan fingerprint density at radius 2 is 1.48 bits per heavy atom. The van der Waals surface area contributed by atoms with Gasteiger partial charge >= 0.3 is 0 Å². The Morgan fingerprint density at radius 1 is 0.810 bits per heavy atom. The van der Waals surface area contributed by atoms with Crippen LogP contribution in [-0.4, -0.2) is 19.9 Å². The maximum Gasteiger partial charge on any atom is 0.107 e. The monoisotopic (exact) mass is 296 g/mol. The molecule has 4 rings (SSSR count). The van der Waals surface area contributed by atoms with Crippen molar-refractivity contribution in [3.05, 3.63) is 59.1 Å². The van der Waals surface area contributed by atoms with Gasteiger partial charge in [-0.2, -0.15) is 0 Å². The molecular weight excluding hydrogens is 284 g/mol. The molecule has 104 valence electrons. The van der Waals surface area contributed by atoms with Crippen LogP contribution < -0.4 is 0 Å². The van der Waals surface area contributed by atoms with Crippen LogP contribution in [0, 0.1) is 0 Å². The standard InChI is InChI=1S/C16H13ClN4/c17-10-5-6-13-14(9-10)21-16(20-13)8-7-15-18-11-3-1-2-4-12(11)19-15/h1-6,9H,7-8H2,(H,18,19)(H,20,21). The maximum absolute atomic E-state index is 5.98.